The van der Waals surface area contributed by atoms with Crippen LogP contribution in [0.2, 0.25) is 0 Å². The first-order valence-corrected chi connectivity index (χ1v) is 6.20. The molecule has 2 aromatic carbocycles. The van der Waals surface area contributed by atoms with Gasteiger partial charge in [-0.3, -0.25) is 0 Å². The van der Waals surface area contributed by atoms with Gasteiger partial charge in [0, 0.05) is 10.0 Å². The summed E-state index contributed by atoms with van der Waals surface area (Å²) in [6, 6.07) is 15.1. The van der Waals surface area contributed by atoms with Gasteiger partial charge in [0.15, 0.2) is 0 Å². The molecule has 0 aromatic heterocycles. The lowest BCUT2D eigenvalue weighted by Crippen LogP contribution is -1.84. The maximum Gasteiger partial charge on any atom is 0.127 e. The van der Waals surface area contributed by atoms with Crippen LogP contribution in [0.5, 0.6) is 11.5 Å². The van der Waals surface area contributed by atoms with Gasteiger partial charge in [0.2, 0.25) is 0 Å². The van der Waals surface area contributed by atoms with Crippen molar-refractivity contribution in [2.24, 2.45) is 0 Å². The van der Waals surface area contributed by atoms with E-state index in [1.165, 1.54) is 0 Å². The molecule has 0 heterocycles. The fraction of sp³-hybridized carbons (Fsp3) is 0.0667. The van der Waals surface area contributed by atoms with Gasteiger partial charge in [0.25, 0.3) is 0 Å². The third-order valence-electron chi connectivity index (χ3n) is 2.22. The molecule has 0 aliphatic rings. The number of aliphatic hydroxyl groups is 1. The summed E-state index contributed by atoms with van der Waals surface area (Å²) in [5, 5.41) is 8.60. The zero-order valence-electron chi connectivity index (χ0n) is 9.56. The maximum absolute atomic E-state index is 8.60. The van der Waals surface area contributed by atoms with Gasteiger partial charge in [-0.05, 0) is 48.5 Å². The Morgan fingerprint density at radius 1 is 0.944 bits per heavy atom. The summed E-state index contributed by atoms with van der Waals surface area (Å²) >= 11 is 3.37. The minimum atomic E-state index is -0.128. The van der Waals surface area contributed by atoms with E-state index in [9.17, 15) is 0 Å². The molecule has 2 rings (SSSR count). The van der Waals surface area contributed by atoms with E-state index in [-0.39, 0.29) is 6.61 Å². The van der Waals surface area contributed by atoms with Gasteiger partial charge in [-0.2, -0.15) is 0 Å². The second kappa shape index (κ2) is 6.25. The summed E-state index contributed by atoms with van der Waals surface area (Å²) in [6.45, 7) is -0.128. The molecule has 0 atom stereocenters. The molecule has 0 amide bonds. The van der Waals surface area contributed by atoms with Crippen LogP contribution in [0.3, 0.4) is 0 Å². The molecule has 0 saturated heterocycles. The van der Waals surface area contributed by atoms with Crippen LogP contribution in [0, 0.1) is 11.8 Å². The molecule has 2 aromatic rings. The molecule has 1 N–H and O–H groups in total. The van der Waals surface area contributed by atoms with E-state index in [0.29, 0.717) is 0 Å². The van der Waals surface area contributed by atoms with Crippen molar-refractivity contribution in [3.05, 3.63) is 58.6 Å². The van der Waals surface area contributed by atoms with Gasteiger partial charge in [0.1, 0.15) is 18.1 Å². The van der Waals surface area contributed by atoms with E-state index in [1.807, 2.05) is 48.5 Å². The molecule has 0 fully saturated rings. The average molecular weight is 303 g/mol. The Balaban J connectivity index is 2.08. The highest BCUT2D eigenvalue weighted by atomic mass is 79.9. The zero-order chi connectivity index (χ0) is 12.8. The Bertz CT molecular complexity index is 562. The quantitative estimate of drug-likeness (QED) is 0.859. The second-order valence-corrected chi connectivity index (χ2v) is 4.46. The molecule has 0 bridgehead atoms. The highest BCUT2D eigenvalue weighted by Gasteiger charge is 1.97. The Labute approximate surface area is 114 Å². The first-order chi connectivity index (χ1) is 8.78. The standard InChI is InChI=1S/C15H11BrO2/c16-13-5-9-15(10-6-13)18-14-7-3-12(4-8-14)2-1-11-17/h3-10,17H,11H2. The number of hydrogen-bond acceptors (Lipinski definition) is 2. The third-order valence-corrected chi connectivity index (χ3v) is 2.74. The van der Waals surface area contributed by atoms with Gasteiger partial charge in [-0.1, -0.05) is 27.8 Å². The SMILES string of the molecule is OCC#Cc1ccc(Oc2ccc(Br)cc2)cc1. The highest BCUT2D eigenvalue weighted by Crippen LogP contribution is 2.23. The molecule has 18 heavy (non-hydrogen) atoms. The van der Waals surface area contributed by atoms with Crippen LogP contribution in [0.1, 0.15) is 5.56 Å². The molecule has 0 saturated carbocycles. The third kappa shape index (κ3) is 3.63. The fourth-order valence-corrected chi connectivity index (χ4v) is 1.65. The van der Waals surface area contributed by atoms with Crippen molar-refractivity contribution >= 4 is 15.9 Å². The maximum atomic E-state index is 8.60. The van der Waals surface area contributed by atoms with Crippen molar-refractivity contribution in [2.75, 3.05) is 6.61 Å². The van der Waals surface area contributed by atoms with E-state index in [4.69, 9.17) is 9.84 Å². The smallest absolute Gasteiger partial charge is 0.127 e. The lowest BCUT2D eigenvalue weighted by Gasteiger charge is -2.05. The molecule has 0 aliphatic carbocycles. The molecule has 2 nitrogen and oxygen atoms in total. The van der Waals surface area contributed by atoms with Crippen molar-refractivity contribution in [1.82, 2.24) is 0 Å². The summed E-state index contributed by atoms with van der Waals surface area (Å²) in [5.74, 6) is 6.97. The number of halogens is 1. The van der Waals surface area contributed by atoms with Crippen LogP contribution in [0.15, 0.2) is 53.0 Å². The van der Waals surface area contributed by atoms with Gasteiger partial charge >= 0.3 is 0 Å². The summed E-state index contributed by atoms with van der Waals surface area (Å²) in [7, 11) is 0. The molecule has 90 valence electrons. The average Bonchev–Trinajstić information content (AvgIpc) is 2.41. The van der Waals surface area contributed by atoms with E-state index < -0.39 is 0 Å². The number of aliphatic hydroxyl groups excluding tert-OH is 1. The number of hydrogen-bond donors (Lipinski definition) is 1. The van der Waals surface area contributed by atoms with Gasteiger partial charge in [0.05, 0.1) is 0 Å². The highest BCUT2D eigenvalue weighted by molar-refractivity contribution is 9.10. The lowest BCUT2D eigenvalue weighted by molar-refractivity contribution is 0.350. The topological polar surface area (TPSA) is 29.5 Å². The Hall–Kier alpha value is -1.76. The number of ether oxygens (including phenoxy) is 1. The summed E-state index contributed by atoms with van der Waals surface area (Å²) in [5.41, 5.74) is 0.854. The van der Waals surface area contributed by atoms with Crippen molar-refractivity contribution in [3.63, 3.8) is 0 Å². The van der Waals surface area contributed by atoms with Crippen molar-refractivity contribution in [1.29, 1.82) is 0 Å². The minimum Gasteiger partial charge on any atom is -0.457 e. The Morgan fingerprint density at radius 2 is 1.50 bits per heavy atom. The zero-order valence-corrected chi connectivity index (χ0v) is 11.1. The summed E-state index contributed by atoms with van der Waals surface area (Å²) < 4.78 is 6.69. The molecular weight excluding hydrogens is 292 g/mol. The van der Waals surface area contributed by atoms with Crippen LogP contribution in [0.4, 0.5) is 0 Å². The van der Waals surface area contributed by atoms with E-state index in [2.05, 4.69) is 27.8 Å². The van der Waals surface area contributed by atoms with E-state index >= 15 is 0 Å². The molecule has 0 unspecified atom stereocenters. The van der Waals surface area contributed by atoms with Crippen LogP contribution in [-0.4, -0.2) is 11.7 Å². The van der Waals surface area contributed by atoms with Crippen LogP contribution >= 0.6 is 15.9 Å². The molecule has 0 spiro atoms. The van der Waals surface area contributed by atoms with Crippen molar-refractivity contribution < 1.29 is 9.84 Å². The lowest BCUT2D eigenvalue weighted by atomic mass is 10.2. The minimum absolute atomic E-state index is 0.128. The Kier molecular flexibility index (Phi) is 4.40. The van der Waals surface area contributed by atoms with E-state index in [1.54, 1.807) is 0 Å². The summed E-state index contributed by atoms with van der Waals surface area (Å²) in [4.78, 5) is 0. The second-order valence-electron chi connectivity index (χ2n) is 3.54. The normalized spacial score (nSPS) is 9.44. The number of benzene rings is 2. The molecule has 3 heteroatoms. The van der Waals surface area contributed by atoms with Crippen LogP contribution in [-0.2, 0) is 0 Å². The van der Waals surface area contributed by atoms with E-state index in [0.717, 1.165) is 21.5 Å². The van der Waals surface area contributed by atoms with Gasteiger partial charge < -0.3 is 9.84 Å². The molecule has 0 radical (unpaired) electrons. The van der Waals surface area contributed by atoms with Crippen LogP contribution in [0.25, 0.3) is 0 Å². The van der Waals surface area contributed by atoms with Gasteiger partial charge in [-0.15, -0.1) is 0 Å². The first kappa shape index (κ1) is 12.7. The predicted molar refractivity (Wildman–Crippen MR) is 74.6 cm³/mol. The van der Waals surface area contributed by atoms with Crippen molar-refractivity contribution in [2.45, 2.75) is 0 Å². The van der Waals surface area contributed by atoms with Crippen LogP contribution < -0.4 is 4.74 Å². The summed E-state index contributed by atoms with van der Waals surface area (Å²) in [6.07, 6.45) is 0. The largest absolute Gasteiger partial charge is 0.457 e. The van der Waals surface area contributed by atoms with Gasteiger partial charge in [-0.25, -0.2) is 0 Å². The molecular formula is C15H11BrO2. The Morgan fingerprint density at radius 3 is 2.06 bits per heavy atom. The number of rotatable bonds is 2. The van der Waals surface area contributed by atoms with Crippen molar-refractivity contribution in [3.8, 4) is 23.3 Å². The fourth-order valence-electron chi connectivity index (χ4n) is 1.39. The molecule has 0 aliphatic heterocycles. The predicted octanol–water partition coefficient (Wildman–Crippen LogP) is 3.59. The first-order valence-electron chi connectivity index (χ1n) is 5.41. The monoisotopic (exact) mass is 302 g/mol.